The van der Waals surface area contributed by atoms with E-state index in [1.165, 1.54) is 0 Å². The number of ether oxygens (including phenoxy) is 1. The molecule has 0 aromatic rings. The smallest absolute Gasteiger partial charge is 0.316 e. The molecule has 0 amide bonds. The maximum atomic E-state index is 13.4. The monoisotopic (exact) mass is 364 g/mol. The molecule has 2 bridgehead atoms. The van der Waals surface area contributed by atoms with Crippen LogP contribution in [-0.2, 0) is 14.3 Å². The van der Waals surface area contributed by atoms with Crippen LogP contribution in [0.1, 0.15) is 52.9 Å². The van der Waals surface area contributed by atoms with Crippen LogP contribution in [-0.4, -0.2) is 51.0 Å². The molecule has 3 N–H and O–H groups in total. The summed E-state index contributed by atoms with van der Waals surface area (Å²) in [6.45, 7) is 5.80. The van der Waals surface area contributed by atoms with Gasteiger partial charge in [-0.05, 0) is 42.4 Å². The maximum Gasteiger partial charge on any atom is 0.316 e. The van der Waals surface area contributed by atoms with Gasteiger partial charge in [0.05, 0.1) is 0 Å². The van der Waals surface area contributed by atoms with Crippen molar-refractivity contribution >= 4 is 11.8 Å². The lowest BCUT2D eigenvalue weighted by atomic mass is 9.41. The first-order valence-electron chi connectivity index (χ1n) is 9.83. The van der Waals surface area contributed by atoms with Gasteiger partial charge >= 0.3 is 5.97 Å². The molecule has 6 nitrogen and oxygen atoms in total. The SMILES string of the molecule is CC1(C)CCC[C@@]23C(=O)O[C@]4([C@@H](O)C(=O)[C@@H]12)[C@H]1[C@H](CO)[C@@]1(C)CC[C@@]43O. The summed E-state index contributed by atoms with van der Waals surface area (Å²) < 4.78 is 5.90. The Bertz CT molecular complexity index is 732. The minimum Gasteiger partial charge on any atom is -0.452 e. The van der Waals surface area contributed by atoms with Crippen LogP contribution in [0.3, 0.4) is 0 Å². The second-order valence-electron chi connectivity index (χ2n) is 10.4. The molecule has 1 heterocycles. The van der Waals surface area contributed by atoms with Gasteiger partial charge in [-0.1, -0.05) is 27.2 Å². The number of rotatable bonds is 1. The minimum absolute atomic E-state index is 0.0978. The van der Waals surface area contributed by atoms with Crippen molar-refractivity contribution in [2.75, 3.05) is 6.61 Å². The van der Waals surface area contributed by atoms with Gasteiger partial charge in [-0.25, -0.2) is 0 Å². The molecule has 1 spiro atoms. The first kappa shape index (κ1) is 17.1. The van der Waals surface area contributed by atoms with Crippen molar-refractivity contribution in [1.29, 1.82) is 0 Å². The van der Waals surface area contributed by atoms with E-state index in [0.717, 1.165) is 12.8 Å². The number of ketones is 1. The summed E-state index contributed by atoms with van der Waals surface area (Å²) in [5.74, 6) is -2.17. The van der Waals surface area contributed by atoms with Gasteiger partial charge in [0.15, 0.2) is 17.5 Å². The molecule has 6 heteroatoms. The first-order chi connectivity index (χ1) is 12.0. The van der Waals surface area contributed by atoms with Crippen LogP contribution in [0.4, 0.5) is 0 Å². The molecule has 8 atom stereocenters. The second-order valence-corrected chi connectivity index (χ2v) is 10.4. The van der Waals surface area contributed by atoms with E-state index in [1.807, 2.05) is 20.8 Å². The van der Waals surface area contributed by atoms with E-state index < -0.39 is 40.0 Å². The van der Waals surface area contributed by atoms with Crippen LogP contribution in [0.15, 0.2) is 0 Å². The number of carbonyl (C=O) groups is 2. The molecule has 4 saturated carbocycles. The lowest BCUT2D eigenvalue weighted by molar-refractivity contribution is -0.259. The molecule has 5 rings (SSSR count). The van der Waals surface area contributed by atoms with Crippen molar-refractivity contribution in [3.05, 3.63) is 0 Å². The number of Topliss-reactive ketones (excluding diaryl/α,β-unsaturated/α-hetero) is 1. The third-order valence-corrected chi connectivity index (χ3v) is 9.17. The van der Waals surface area contributed by atoms with Crippen molar-refractivity contribution in [2.45, 2.75) is 70.2 Å². The van der Waals surface area contributed by atoms with Crippen LogP contribution in [0.5, 0.6) is 0 Å². The molecule has 0 unspecified atom stereocenters. The Morgan fingerprint density at radius 3 is 2.46 bits per heavy atom. The van der Waals surface area contributed by atoms with Gasteiger partial charge < -0.3 is 20.1 Å². The van der Waals surface area contributed by atoms with Crippen molar-refractivity contribution in [1.82, 2.24) is 0 Å². The number of carbonyl (C=O) groups excluding carboxylic acids is 2. The van der Waals surface area contributed by atoms with Crippen LogP contribution in [0.2, 0.25) is 0 Å². The number of hydrogen-bond acceptors (Lipinski definition) is 6. The Morgan fingerprint density at radius 2 is 1.81 bits per heavy atom. The highest BCUT2D eigenvalue weighted by Crippen LogP contribution is 2.80. The van der Waals surface area contributed by atoms with E-state index in [-0.39, 0.29) is 29.6 Å². The quantitative estimate of drug-likeness (QED) is 0.595. The molecule has 1 saturated heterocycles. The van der Waals surface area contributed by atoms with Crippen LogP contribution >= 0.6 is 0 Å². The minimum atomic E-state index is -1.61. The van der Waals surface area contributed by atoms with E-state index in [9.17, 15) is 24.9 Å². The molecular formula is C20H28O6. The molecular weight excluding hydrogens is 336 g/mol. The number of aliphatic hydroxyl groups is 3. The molecule has 0 aromatic carbocycles. The maximum absolute atomic E-state index is 13.4. The molecule has 0 aromatic heterocycles. The van der Waals surface area contributed by atoms with Crippen LogP contribution < -0.4 is 0 Å². The molecule has 26 heavy (non-hydrogen) atoms. The highest BCUT2D eigenvalue weighted by Gasteiger charge is 2.93. The summed E-state index contributed by atoms with van der Waals surface area (Å²) >= 11 is 0. The molecule has 4 aliphatic carbocycles. The molecule has 0 radical (unpaired) electrons. The summed E-state index contributed by atoms with van der Waals surface area (Å²) in [4.78, 5) is 26.7. The fourth-order valence-corrected chi connectivity index (χ4v) is 8.03. The zero-order chi connectivity index (χ0) is 18.9. The van der Waals surface area contributed by atoms with Crippen LogP contribution in [0, 0.1) is 34.0 Å². The summed E-state index contributed by atoms with van der Waals surface area (Å²) in [7, 11) is 0. The summed E-state index contributed by atoms with van der Waals surface area (Å²) in [5, 5.41) is 33.0. The average Bonchev–Trinajstić information content (AvgIpc) is 3.15. The van der Waals surface area contributed by atoms with Gasteiger partial charge in [-0.3, -0.25) is 9.59 Å². The fourth-order valence-electron chi connectivity index (χ4n) is 8.03. The predicted octanol–water partition coefficient (Wildman–Crippen LogP) is 0.808. The molecule has 1 aliphatic heterocycles. The number of aliphatic hydroxyl groups excluding tert-OH is 2. The van der Waals surface area contributed by atoms with Crippen molar-refractivity contribution in [2.24, 2.45) is 34.0 Å². The number of fused-ring (bicyclic) bond motifs is 1. The largest absolute Gasteiger partial charge is 0.452 e. The van der Waals surface area contributed by atoms with Crippen molar-refractivity contribution < 1.29 is 29.6 Å². The Balaban J connectivity index is 1.78. The Kier molecular flexibility index (Phi) is 2.88. The predicted molar refractivity (Wildman–Crippen MR) is 89.7 cm³/mol. The third kappa shape index (κ3) is 1.35. The van der Waals surface area contributed by atoms with Gasteiger partial charge in [0.2, 0.25) is 0 Å². The van der Waals surface area contributed by atoms with E-state index >= 15 is 0 Å². The summed E-state index contributed by atoms with van der Waals surface area (Å²) in [6, 6.07) is 0. The molecule has 5 fully saturated rings. The topological polar surface area (TPSA) is 104 Å². The van der Waals surface area contributed by atoms with Gasteiger partial charge in [-0.15, -0.1) is 0 Å². The Morgan fingerprint density at radius 1 is 1.12 bits per heavy atom. The lowest BCUT2D eigenvalue weighted by Crippen LogP contribution is -2.77. The molecule has 5 aliphatic rings. The highest BCUT2D eigenvalue weighted by atomic mass is 16.6. The van der Waals surface area contributed by atoms with E-state index in [4.69, 9.17) is 4.74 Å². The Labute approximate surface area is 152 Å². The fraction of sp³-hybridized carbons (Fsp3) is 0.900. The number of hydrogen-bond donors (Lipinski definition) is 3. The van der Waals surface area contributed by atoms with Gasteiger partial charge in [0.1, 0.15) is 11.0 Å². The van der Waals surface area contributed by atoms with Crippen molar-refractivity contribution in [3.8, 4) is 0 Å². The Hall–Kier alpha value is -0.980. The van der Waals surface area contributed by atoms with Crippen LogP contribution in [0.25, 0.3) is 0 Å². The summed E-state index contributed by atoms with van der Waals surface area (Å²) in [5.41, 5.74) is -5.23. The van der Waals surface area contributed by atoms with Gasteiger partial charge in [-0.2, -0.15) is 0 Å². The van der Waals surface area contributed by atoms with E-state index in [1.54, 1.807) is 0 Å². The summed E-state index contributed by atoms with van der Waals surface area (Å²) in [6.07, 6.45) is 1.38. The zero-order valence-electron chi connectivity index (χ0n) is 15.6. The van der Waals surface area contributed by atoms with Crippen molar-refractivity contribution in [3.63, 3.8) is 0 Å². The van der Waals surface area contributed by atoms with E-state index in [0.29, 0.717) is 19.3 Å². The zero-order valence-corrected chi connectivity index (χ0v) is 15.6. The normalized spacial score (nSPS) is 59.2. The lowest BCUT2D eigenvalue weighted by Gasteiger charge is -2.61. The van der Waals surface area contributed by atoms with Gasteiger partial charge in [0, 0.05) is 18.4 Å². The standard InChI is InChI=1S/C20H28O6/c1-16(2)5-4-6-18-13(16)11(22)14(23)20(26-15(18)24)12-10(9-21)17(12,3)7-8-19(18,20)25/h10,12-14,21,23,25H,4-9H2,1-3H3/t10-,12-,13-,14-,17+,18-,19-,20-/m0/s1. The highest BCUT2D eigenvalue weighted by molar-refractivity contribution is 6.00. The third-order valence-electron chi connectivity index (χ3n) is 9.17. The van der Waals surface area contributed by atoms with E-state index in [2.05, 4.69) is 0 Å². The second kappa shape index (κ2) is 4.36. The van der Waals surface area contributed by atoms with Gasteiger partial charge in [0.25, 0.3) is 0 Å². The molecule has 144 valence electrons. The average molecular weight is 364 g/mol. The first-order valence-corrected chi connectivity index (χ1v) is 9.83. The number of esters is 1.